The average molecular weight is 2140 g/mol. The maximum atomic E-state index is 13.9. The zero-order valence-electron chi connectivity index (χ0n) is 79.0. The lowest BCUT2D eigenvalue weighted by molar-refractivity contribution is -0.411. The molecule has 0 aromatic heterocycles. The van der Waals surface area contributed by atoms with Crippen LogP contribution in [0.3, 0.4) is 0 Å². The van der Waals surface area contributed by atoms with E-state index in [1.165, 1.54) is 13.8 Å². The van der Waals surface area contributed by atoms with E-state index in [2.05, 4.69) is 26.6 Å². The molecule has 0 unspecified atom stereocenters. The van der Waals surface area contributed by atoms with Gasteiger partial charge in [-0.3, -0.25) is 24.0 Å². The Hall–Kier alpha value is -4.81. The van der Waals surface area contributed by atoms with Gasteiger partial charge in [-0.1, -0.05) is 0 Å². The molecule has 0 aliphatic carbocycles. The minimum atomic E-state index is -2.89. The van der Waals surface area contributed by atoms with Crippen molar-refractivity contribution < 1.29 is 291 Å². The van der Waals surface area contributed by atoms with Crippen molar-refractivity contribution in [2.45, 2.75) is 417 Å². The van der Waals surface area contributed by atoms with Gasteiger partial charge in [0.25, 0.3) is 0 Å². The predicted octanol–water partition coefficient (Wildman–Crippen LogP) is -24.4. The number of amides is 5. The summed E-state index contributed by atoms with van der Waals surface area (Å²) in [6.45, 7) is -5.30. The van der Waals surface area contributed by atoms with Crippen LogP contribution in [0.25, 0.3) is 0 Å². The fourth-order valence-electron chi connectivity index (χ4n) is 19.1. The average Bonchev–Trinajstić information content (AvgIpc) is 0.759. The summed E-state index contributed by atoms with van der Waals surface area (Å²) in [6, 6.07) is -10.4. The Morgan fingerprint density at radius 2 is 0.432 bits per heavy atom. The Morgan fingerprint density at radius 1 is 0.192 bits per heavy atom. The topological polar surface area (TPSA) is 985 Å². The highest BCUT2D eigenvalue weighted by Gasteiger charge is 2.64. The number of nitrogens with one attached hydrogen (secondary N) is 5. The second-order valence-electron chi connectivity index (χ2n) is 37.3. The van der Waals surface area contributed by atoms with Crippen LogP contribution in [0.1, 0.15) is 48.5 Å². The fourth-order valence-corrected chi connectivity index (χ4v) is 19.1. The molecule has 12 aliphatic heterocycles. The van der Waals surface area contributed by atoms with Crippen molar-refractivity contribution in [1.82, 2.24) is 26.6 Å². The van der Waals surface area contributed by atoms with Crippen LogP contribution in [0, 0.1) is 0 Å². The molecule has 0 aromatic rings. The van der Waals surface area contributed by atoms with Gasteiger partial charge in [0.2, 0.25) is 29.5 Å². The minimum absolute atomic E-state index is 0.859. The first-order valence-corrected chi connectivity index (χ1v) is 46.9. The molecule has 12 fully saturated rings. The van der Waals surface area contributed by atoms with Gasteiger partial charge in [0, 0.05) is 34.6 Å². The highest BCUT2D eigenvalue weighted by atomic mass is 16.8. The van der Waals surface area contributed by atoms with Gasteiger partial charge in [-0.25, -0.2) is 0 Å². The summed E-state index contributed by atoms with van der Waals surface area (Å²) >= 11 is 0. The Morgan fingerprint density at radius 3 is 0.856 bits per heavy atom. The quantitative estimate of drug-likeness (QED) is 0.0275. The zero-order chi connectivity index (χ0) is 107. The van der Waals surface area contributed by atoms with Crippen molar-refractivity contribution >= 4 is 29.5 Å². The summed E-state index contributed by atoms with van der Waals surface area (Å²) in [7, 11) is 0. The predicted molar refractivity (Wildman–Crippen MR) is 450 cm³/mol. The molecule has 146 heavy (non-hydrogen) atoms. The maximum Gasteiger partial charge on any atom is 0.217 e. The zero-order valence-corrected chi connectivity index (χ0v) is 79.0. The van der Waals surface area contributed by atoms with E-state index in [9.17, 15) is 182 Å². The molecule has 12 aliphatic rings. The summed E-state index contributed by atoms with van der Waals surface area (Å²) in [5, 5.41) is 365. The SMILES string of the molecule is CC(=O)N[C@@H]1[C@@H](O)[C@H](O[C@@H]2O[C@H](CO)[C@@H](O[C@@H]3O[C@H](CO[C@H]4O[C@H](CO)[C@@H](O)[C@H](O)[C@@H]4O[C@@H]4O[C@H](CO)[C@@H](O[C@@H]5O[C@H](CO)[C@H](O)[C@H](O)[C@H]5O)[C@H](O)[C@H]4NC(C)=O)[C@@H](O[C@@H]4O[C@H](CO)[C@@H](O)[C@H](O)[C@H]4NC(C)=O)[C@H](O[C@H]4O[C@H](CO)[C@@H](O)[C@H](O)[C@@H]4O[C@@H]4O[C@H](CO)[C@@H](O[C@@H]5O[C@H](CO)[C@H](O)[C@H](O)[C@H]5O)[C@H](O[C@@H]5O[C@@H](C)[C@@H](O)[C@@H](O)[C@@H]5O)[C@H]4NC(C)=O)[C@@H]3O)[C@H](O)[C@H]2NC(C)=O)[C@@H](CO[C@@H]2O[C@@H](C)[C@@H](O)[C@@H](O)[C@@H]2O)O[C@H]1O. The summed E-state index contributed by atoms with van der Waals surface area (Å²) in [6.07, 6.45) is -121. The molecule has 60 atom stereocenters. The number of hydrogen-bond donors (Lipinski definition) is 36. The Bertz CT molecular complexity index is 4090. The molecule has 0 spiro atoms. The molecular weight excluding hydrogens is 2000 g/mol. The molecule has 844 valence electrons. The molecule has 12 heterocycles. The van der Waals surface area contributed by atoms with Crippen molar-refractivity contribution in [2.75, 3.05) is 66.1 Å². The maximum absolute atomic E-state index is 13.9. The third-order valence-corrected chi connectivity index (χ3v) is 27.0. The van der Waals surface area contributed by atoms with Crippen molar-refractivity contribution in [3.8, 4) is 0 Å². The van der Waals surface area contributed by atoms with Crippen LogP contribution in [0.5, 0.6) is 0 Å². The normalized spacial score (nSPS) is 49.8. The third kappa shape index (κ3) is 26.4. The third-order valence-electron chi connectivity index (χ3n) is 27.0. The highest BCUT2D eigenvalue weighted by molar-refractivity contribution is 5.75. The van der Waals surface area contributed by atoms with Crippen molar-refractivity contribution in [3.63, 3.8) is 0 Å². The first-order valence-electron chi connectivity index (χ1n) is 46.9. The second kappa shape index (κ2) is 52.2. The van der Waals surface area contributed by atoms with Crippen LogP contribution < -0.4 is 26.6 Å². The van der Waals surface area contributed by atoms with E-state index in [0.717, 1.165) is 34.6 Å². The van der Waals surface area contributed by atoms with Crippen LogP contribution in [0.2, 0.25) is 0 Å². The summed E-state index contributed by atoms with van der Waals surface area (Å²) in [5.41, 5.74) is 0. The van der Waals surface area contributed by atoms with E-state index in [1.807, 2.05) is 0 Å². The molecule has 0 radical (unpaired) electrons. The van der Waals surface area contributed by atoms with E-state index in [-0.39, 0.29) is 0 Å². The van der Waals surface area contributed by atoms with Gasteiger partial charge in [0.1, 0.15) is 280 Å². The fraction of sp³-hybridized carbons (Fsp3) is 0.939. The van der Waals surface area contributed by atoms with Crippen LogP contribution >= 0.6 is 0 Å². The number of ether oxygens (including phenoxy) is 23. The number of aliphatic hydroxyl groups excluding tert-OH is 31. The van der Waals surface area contributed by atoms with Gasteiger partial charge in [-0.05, 0) is 13.8 Å². The van der Waals surface area contributed by atoms with Crippen molar-refractivity contribution in [3.05, 3.63) is 0 Å². The molecule has 0 bridgehead atoms. The lowest BCUT2D eigenvalue weighted by atomic mass is 9.93. The monoisotopic (exact) mass is 2140 g/mol. The lowest BCUT2D eigenvalue weighted by Gasteiger charge is -2.53. The summed E-state index contributed by atoms with van der Waals surface area (Å²) in [4.78, 5) is 66.8. The van der Waals surface area contributed by atoms with Gasteiger partial charge >= 0.3 is 0 Å². The standard InChI is InChI=1S/C82H137N5O59/c1-18-40(101)51(112)57(118)76(126-18)124-16-33-64(48(109)35(71(123)128-33)83-20(3)96)138-73-37(85-22(5)98)49(110)63(31(14-94)134-73)140-80-61(122)68(144-82-70(56(117)46(107)29(12-92)133-82)146-75-39(87-24(7)100)67(143-77-58(119)52(113)41(102)19(2)127-77)65(32(15-95)136-75)142-79-60(121)54(115)44(105)27(10-90)131-79)66(141-72-36(84-21(4)97)47(108)42(103)25(8-88)129-72)34(137-80)17-125-81-69(55(116)45(106)28(11-91)132-81)145-74-38(86-23(6)99)50(111)62(30(13-93)135-74)139-78-59(120)53(114)43(104)26(9-89)130-78/h18-19,25-82,88-95,101-123H,8-17H2,1-7H3,(H,83,96)(H,84,97)(H,85,98)(H,86,99)(H,87,100)/t18-,19-,25+,26+,27+,28+,29+,30+,31+,32+,33+,34+,35+,36+,37+,38+,39+,40+,41+,42+,43-,44-,45+,46+,47+,48+,49+,50+,51+,52+,53-,54-,55-,56-,57-,58-,59+,60+,61-,62+,63+,64+,65+,66+,67+,68+,69-,70-,71+,72-,73-,74-,75-,76+,77-,78-,79-,80-,81-,82+/m0/s1. The molecule has 12 saturated heterocycles. The highest BCUT2D eigenvalue weighted by Crippen LogP contribution is 2.44. The van der Waals surface area contributed by atoms with Crippen molar-refractivity contribution in [1.29, 1.82) is 0 Å². The Balaban J connectivity index is 0.981. The van der Waals surface area contributed by atoms with Crippen molar-refractivity contribution in [2.24, 2.45) is 0 Å². The Kier molecular flexibility index (Phi) is 42.8. The van der Waals surface area contributed by atoms with E-state index < -0.39 is 464 Å². The first-order chi connectivity index (χ1) is 69.0. The number of aliphatic hydroxyl groups is 31. The number of carbonyl (C=O) groups excluding carboxylic acids is 5. The molecular formula is C82H137N5O59. The minimum Gasteiger partial charge on any atom is -0.394 e. The van der Waals surface area contributed by atoms with Crippen LogP contribution in [-0.2, 0) is 133 Å². The number of hydrogen-bond acceptors (Lipinski definition) is 59. The van der Waals surface area contributed by atoms with Gasteiger partial charge in [-0.2, -0.15) is 0 Å². The van der Waals surface area contributed by atoms with Crippen LogP contribution in [0.15, 0.2) is 0 Å². The van der Waals surface area contributed by atoms with Crippen LogP contribution in [0.4, 0.5) is 0 Å². The Labute approximate surface area is 827 Å². The largest absolute Gasteiger partial charge is 0.394 e. The summed E-state index contributed by atoms with van der Waals surface area (Å²) < 4.78 is 142. The molecule has 5 amide bonds. The number of carbonyl (C=O) groups is 5. The lowest BCUT2D eigenvalue weighted by Crippen LogP contribution is -2.72. The first kappa shape index (κ1) is 120. The second-order valence-corrected chi connectivity index (χ2v) is 37.3. The van der Waals surface area contributed by atoms with E-state index in [1.54, 1.807) is 0 Å². The molecule has 64 nitrogen and oxygen atoms in total. The van der Waals surface area contributed by atoms with Crippen LogP contribution in [-0.4, -0.2) is 622 Å². The molecule has 64 heteroatoms. The molecule has 0 saturated carbocycles. The summed E-state index contributed by atoms with van der Waals surface area (Å²) in [5.74, 6) is -5.15. The van der Waals surface area contributed by atoms with E-state index in [4.69, 9.17) is 109 Å². The van der Waals surface area contributed by atoms with Gasteiger partial charge < -0.3 is 294 Å². The van der Waals surface area contributed by atoms with Gasteiger partial charge in [-0.15, -0.1) is 0 Å². The van der Waals surface area contributed by atoms with E-state index in [0.29, 0.717) is 0 Å². The van der Waals surface area contributed by atoms with Gasteiger partial charge in [0.05, 0.1) is 78.3 Å². The van der Waals surface area contributed by atoms with E-state index >= 15 is 0 Å². The molecule has 0 aromatic carbocycles. The number of rotatable bonds is 37. The molecule has 12 rings (SSSR count). The smallest absolute Gasteiger partial charge is 0.217 e. The van der Waals surface area contributed by atoms with Gasteiger partial charge in [0.15, 0.2) is 75.5 Å². The molecule has 36 N–H and O–H groups in total.